The van der Waals surface area contributed by atoms with Crippen LogP contribution >= 0.6 is 0 Å². The van der Waals surface area contributed by atoms with E-state index in [0.717, 1.165) is 4.90 Å². The first-order valence-electron chi connectivity index (χ1n) is 9.03. The third kappa shape index (κ3) is 10.4. The summed E-state index contributed by atoms with van der Waals surface area (Å²) in [7, 11) is 0. The summed E-state index contributed by atoms with van der Waals surface area (Å²) in [6.07, 6.45) is -1.41. The predicted octanol–water partition coefficient (Wildman–Crippen LogP) is 2.06. The van der Waals surface area contributed by atoms with E-state index in [0.29, 0.717) is 0 Å². The molecule has 0 saturated carbocycles. The minimum absolute atomic E-state index is 0.0677. The number of ether oxygens (including phenoxy) is 4. The van der Waals surface area contributed by atoms with E-state index >= 15 is 0 Å². The second kappa shape index (κ2) is 12.1. The first kappa shape index (κ1) is 24.7. The molecule has 0 aliphatic rings. The third-order valence-electron chi connectivity index (χ3n) is 3.09. The minimum atomic E-state index is -1.27. The van der Waals surface area contributed by atoms with Crippen molar-refractivity contribution in [2.75, 3.05) is 26.4 Å². The van der Waals surface area contributed by atoms with Gasteiger partial charge in [-0.1, -0.05) is 0 Å². The van der Waals surface area contributed by atoms with E-state index in [-0.39, 0.29) is 32.8 Å². The molecule has 0 aliphatic carbocycles. The molecular formula is C18H31NO8. The van der Waals surface area contributed by atoms with Crippen molar-refractivity contribution in [3.8, 4) is 0 Å². The fourth-order valence-electron chi connectivity index (χ4n) is 2.08. The van der Waals surface area contributed by atoms with Crippen molar-refractivity contribution in [3.05, 3.63) is 0 Å². The summed E-state index contributed by atoms with van der Waals surface area (Å²) in [5, 5.41) is 0. The molecule has 0 aromatic rings. The van der Waals surface area contributed by atoms with E-state index in [1.165, 1.54) is 0 Å². The Bertz CT molecular complexity index is 512. The zero-order chi connectivity index (χ0) is 21.0. The molecule has 1 atom stereocenters. The second-order valence-electron chi connectivity index (χ2n) is 6.51. The maximum Gasteiger partial charge on any atom is 0.411 e. The number of nitrogens with zero attached hydrogens (tertiary/aromatic N) is 1. The van der Waals surface area contributed by atoms with Crippen LogP contribution in [0.2, 0.25) is 0 Å². The SMILES string of the molecule is CCOC(=O)CCN(C(=O)OC(C)(C)C)C(CC(=O)OCC)C(=O)OCC. The fourth-order valence-corrected chi connectivity index (χ4v) is 2.08. The highest BCUT2D eigenvalue weighted by molar-refractivity contribution is 5.86. The van der Waals surface area contributed by atoms with Gasteiger partial charge >= 0.3 is 24.0 Å². The molecule has 27 heavy (non-hydrogen) atoms. The van der Waals surface area contributed by atoms with Gasteiger partial charge in [-0.25, -0.2) is 9.59 Å². The average Bonchev–Trinajstić information content (AvgIpc) is 2.53. The minimum Gasteiger partial charge on any atom is -0.466 e. The van der Waals surface area contributed by atoms with Crippen molar-refractivity contribution in [1.29, 1.82) is 0 Å². The summed E-state index contributed by atoms with van der Waals surface area (Å²) in [4.78, 5) is 49.6. The number of carbonyl (C=O) groups is 4. The number of hydrogen-bond donors (Lipinski definition) is 0. The Labute approximate surface area is 160 Å². The van der Waals surface area contributed by atoms with E-state index < -0.39 is 42.1 Å². The molecule has 0 spiro atoms. The molecule has 0 aromatic carbocycles. The Hall–Kier alpha value is -2.32. The van der Waals surface area contributed by atoms with Crippen molar-refractivity contribution >= 4 is 24.0 Å². The molecule has 9 heteroatoms. The van der Waals surface area contributed by atoms with Crippen molar-refractivity contribution in [1.82, 2.24) is 4.90 Å². The lowest BCUT2D eigenvalue weighted by Crippen LogP contribution is -2.49. The van der Waals surface area contributed by atoms with Crippen molar-refractivity contribution < 1.29 is 38.1 Å². The zero-order valence-corrected chi connectivity index (χ0v) is 17.0. The van der Waals surface area contributed by atoms with Gasteiger partial charge in [-0.05, 0) is 41.5 Å². The standard InChI is InChI=1S/C18H31NO8/c1-7-24-14(20)10-11-19(17(23)27-18(4,5)6)13(16(22)26-9-3)12-15(21)25-8-2/h13H,7-12H2,1-6H3. The van der Waals surface area contributed by atoms with Crippen LogP contribution in [0.25, 0.3) is 0 Å². The maximum atomic E-state index is 12.6. The van der Waals surface area contributed by atoms with Crippen LogP contribution in [0.5, 0.6) is 0 Å². The molecule has 1 unspecified atom stereocenters. The average molecular weight is 389 g/mol. The number of hydrogen-bond acceptors (Lipinski definition) is 8. The summed E-state index contributed by atoms with van der Waals surface area (Å²) in [5.74, 6) is -1.98. The highest BCUT2D eigenvalue weighted by Crippen LogP contribution is 2.16. The van der Waals surface area contributed by atoms with Crippen LogP contribution in [0, 0.1) is 0 Å². The number of esters is 3. The van der Waals surface area contributed by atoms with Crippen LogP contribution in [-0.4, -0.2) is 66.9 Å². The van der Waals surface area contributed by atoms with Crippen molar-refractivity contribution in [3.63, 3.8) is 0 Å². The normalized spacial score (nSPS) is 11.9. The monoisotopic (exact) mass is 389 g/mol. The fraction of sp³-hybridized carbons (Fsp3) is 0.778. The van der Waals surface area contributed by atoms with Gasteiger partial charge in [0.05, 0.1) is 32.7 Å². The molecule has 0 bridgehead atoms. The summed E-state index contributed by atoms with van der Waals surface area (Å²) < 4.78 is 20.0. The number of amides is 1. The Morgan fingerprint density at radius 3 is 1.85 bits per heavy atom. The lowest BCUT2D eigenvalue weighted by molar-refractivity contribution is -0.156. The van der Waals surface area contributed by atoms with E-state index in [2.05, 4.69) is 0 Å². The molecule has 1 amide bonds. The first-order chi connectivity index (χ1) is 12.6. The highest BCUT2D eigenvalue weighted by Gasteiger charge is 2.36. The van der Waals surface area contributed by atoms with Gasteiger partial charge in [0.25, 0.3) is 0 Å². The van der Waals surface area contributed by atoms with Gasteiger partial charge in [0.1, 0.15) is 11.6 Å². The Morgan fingerprint density at radius 2 is 1.37 bits per heavy atom. The molecule has 0 heterocycles. The van der Waals surface area contributed by atoms with Gasteiger partial charge < -0.3 is 18.9 Å². The summed E-state index contributed by atoms with van der Waals surface area (Å²) >= 11 is 0. The number of rotatable bonds is 10. The van der Waals surface area contributed by atoms with Gasteiger partial charge in [-0.15, -0.1) is 0 Å². The summed E-state index contributed by atoms with van der Waals surface area (Å²) in [6.45, 7) is 10.1. The Morgan fingerprint density at radius 1 is 0.852 bits per heavy atom. The molecule has 0 aliphatic heterocycles. The lowest BCUT2D eigenvalue weighted by Gasteiger charge is -2.31. The van der Waals surface area contributed by atoms with E-state index in [1.807, 2.05) is 0 Å². The molecule has 0 radical (unpaired) electrons. The van der Waals surface area contributed by atoms with Crippen LogP contribution in [0.1, 0.15) is 54.4 Å². The summed E-state index contributed by atoms with van der Waals surface area (Å²) in [6, 6.07) is -1.27. The van der Waals surface area contributed by atoms with E-state index in [1.54, 1.807) is 41.5 Å². The second-order valence-corrected chi connectivity index (χ2v) is 6.51. The predicted molar refractivity (Wildman–Crippen MR) is 95.9 cm³/mol. The molecule has 156 valence electrons. The van der Waals surface area contributed by atoms with Crippen molar-refractivity contribution in [2.24, 2.45) is 0 Å². The largest absolute Gasteiger partial charge is 0.466 e. The third-order valence-corrected chi connectivity index (χ3v) is 3.09. The van der Waals surface area contributed by atoms with Crippen LogP contribution in [0.3, 0.4) is 0 Å². The van der Waals surface area contributed by atoms with Gasteiger partial charge in [0.2, 0.25) is 0 Å². The molecule has 0 rings (SSSR count). The van der Waals surface area contributed by atoms with Crippen LogP contribution in [-0.2, 0) is 33.3 Å². The lowest BCUT2D eigenvalue weighted by atomic mass is 10.1. The Balaban J connectivity index is 5.56. The highest BCUT2D eigenvalue weighted by atomic mass is 16.6. The maximum absolute atomic E-state index is 12.6. The van der Waals surface area contributed by atoms with Crippen LogP contribution in [0.4, 0.5) is 4.79 Å². The Kier molecular flexibility index (Phi) is 11.1. The van der Waals surface area contributed by atoms with Crippen LogP contribution in [0.15, 0.2) is 0 Å². The van der Waals surface area contributed by atoms with Gasteiger partial charge in [0.15, 0.2) is 0 Å². The van der Waals surface area contributed by atoms with E-state index in [9.17, 15) is 19.2 Å². The number of carbonyl (C=O) groups excluding carboxylic acids is 4. The van der Waals surface area contributed by atoms with Gasteiger partial charge in [0, 0.05) is 6.54 Å². The molecule has 0 N–H and O–H groups in total. The van der Waals surface area contributed by atoms with Crippen LogP contribution < -0.4 is 0 Å². The topological polar surface area (TPSA) is 108 Å². The molecule has 0 fully saturated rings. The molecule has 9 nitrogen and oxygen atoms in total. The molecule has 0 aromatic heterocycles. The first-order valence-corrected chi connectivity index (χ1v) is 9.03. The smallest absolute Gasteiger partial charge is 0.411 e. The van der Waals surface area contributed by atoms with Crippen molar-refractivity contribution in [2.45, 2.75) is 66.0 Å². The van der Waals surface area contributed by atoms with Gasteiger partial charge in [-0.3, -0.25) is 14.5 Å². The summed E-state index contributed by atoms with van der Waals surface area (Å²) in [5.41, 5.74) is -0.831. The molecular weight excluding hydrogens is 358 g/mol. The zero-order valence-electron chi connectivity index (χ0n) is 17.0. The molecule has 0 saturated heterocycles. The van der Waals surface area contributed by atoms with Gasteiger partial charge in [-0.2, -0.15) is 0 Å². The quantitative estimate of drug-likeness (QED) is 0.413. The van der Waals surface area contributed by atoms with E-state index in [4.69, 9.17) is 18.9 Å².